The van der Waals surface area contributed by atoms with Crippen molar-refractivity contribution in [3.8, 4) is 0 Å². The Morgan fingerprint density at radius 3 is 2.41 bits per heavy atom. The highest BCUT2D eigenvalue weighted by Crippen LogP contribution is 2.19. The van der Waals surface area contributed by atoms with E-state index in [-0.39, 0.29) is 17.1 Å². The summed E-state index contributed by atoms with van der Waals surface area (Å²) in [5.41, 5.74) is 2.12. The van der Waals surface area contributed by atoms with Gasteiger partial charge in [-0.25, -0.2) is 13.1 Å². The van der Waals surface area contributed by atoms with Crippen molar-refractivity contribution >= 4 is 21.4 Å². The molecule has 0 bridgehead atoms. The molecule has 1 saturated heterocycles. The SMILES string of the molecule is CN1CCN(c2ccc(CCCNS(=O)(=O)c3cccc([N+](=O)[O-])c3)cc2)CC1. The van der Waals surface area contributed by atoms with Crippen molar-refractivity contribution < 1.29 is 13.3 Å². The number of benzene rings is 2. The lowest BCUT2D eigenvalue weighted by atomic mass is 10.1. The summed E-state index contributed by atoms with van der Waals surface area (Å²) in [6.45, 7) is 4.44. The van der Waals surface area contributed by atoms with E-state index in [9.17, 15) is 18.5 Å². The van der Waals surface area contributed by atoms with Gasteiger partial charge in [-0.1, -0.05) is 18.2 Å². The van der Waals surface area contributed by atoms with Crippen molar-refractivity contribution in [1.82, 2.24) is 9.62 Å². The molecule has 9 heteroatoms. The molecule has 29 heavy (non-hydrogen) atoms. The number of hydrogen-bond acceptors (Lipinski definition) is 6. The molecule has 0 aromatic heterocycles. The monoisotopic (exact) mass is 418 g/mol. The van der Waals surface area contributed by atoms with Crippen LogP contribution in [-0.2, 0) is 16.4 Å². The zero-order valence-corrected chi connectivity index (χ0v) is 17.3. The molecule has 0 atom stereocenters. The summed E-state index contributed by atoms with van der Waals surface area (Å²) in [4.78, 5) is 14.8. The lowest BCUT2D eigenvalue weighted by molar-refractivity contribution is -0.385. The molecule has 2 aromatic rings. The third-order valence-electron chi connectivity index (χ3n) is 5.08. The maximum atomic E-state index is 12.3. The molecule has 0 aliphatic carbocycles. The lowest BCUT2D eigenvalue weighted by Gasteiger charge is -2.34. The number of nitrogens with one attached hydrogen (secondary N) is 1. The molecule has 1 aliphatic heterocycles. The number of nitrogens with zero attached hydrogens (tertiary/aromatic N) is 3. The molecule has 0 spiro atoms. The molecular formula is C20H26N4O4S. The van der Waals surface area contributed by atoms with Gasteiger partial charge in [0, 0.05) is 50.5 Å². The first kappa shape index (κ1) is 21.2. The summed E-state index contributed by atoms with van der Waals surface area (Å²) in [5.74, 6) is 0. The zero-order valence-electron chi connectivity index (χ0n) is 16.5. The van der Waals surface area contributed by atoms with Crippen LogP contribution in [0.15, 0.2) is 53.4 Å². The number of anilines is 1. The average Bonchev–Trinajstić information content (AvgIpc) is 2.72. The number of nitro benzene ring substituents is 1. The van der Waals surface area contributed by atoms with E-state index in [1.807, 2.05) is 0 Å². The fraction of sp³-hybridized carbons (Fsp3) is 0.400. The second kappa shape index (κ2) is 9.34. The van der Waals surface area contributed by atoms with Gasteiger partial charge in [-0.05, 0) is 43.7 Å². The molecule has 3 rings (SSSR count). The molecule has 0 radical (unpaired) electrons. The first-order chi connectivity index (χ1) is 13.8. The summed E-state index contributed by atoms with van der Waals surface area (Å²) in [5, 5.41) is 10.8. The number of rotatable bonds is 8. The van der Waals surface area contributed by atoms with E-state index in [4.69, 9.17) is 0 Å². The van der Waals surface area contributed by atoms with E-state index in [1.54, 1.807) is 0 Å². The predicted molar refractivity (Wildman–Crippen MR) is 113 cm³/mol. The smallest absolute Gasteiger partial charge is 0.270 e. The van der Waals surface area contributed by atoms with Gasteiger partial charge in [0.05, 0.1) is 9.82 Å². The van der Waals surface area contributed by atoms with Crippen LogP contribution in [0, 0.1) is 10.1 Å². The van der Waals surface area contributed by atoms with Crippen LogP contribution in [0.4, 0.5) is 11.4 Å². The van der Waals surface area contributed by atoms with Gasteiger partial charge in [0.2, 0.25) is 10.0 Å². The number of nitro groups is 1. The fourth-order valence-electron chi connectivity index (χ4n) is 3.28. The van der Waals surface area contributed by atoms with Crippen LogP contribution in [0.25, 0.3) is 0 Å². The molecule has 2 aromatic carbocycles. The summed E-state index contributed by atoms with van der Waals surface area (Å²) in [6.07, 6.45) is 1.39. The Morgan fingerprint density at radius 1 is 1.07 bits per heavy atom. The van der Waals surface area contributed by atoms with Crippen LogP contribution in [0.5, 0.6) is 0 Å². The van der Waals surface area contributed by atoms with Crippen LogP contribution < -0.4 is 9.62 Å². The third-order valence-corrected chi connectivity index (χ3v) is 6.54. The zero-order chi connectivity index (χ0) is 20.9. The number of hydrogen-bond donors (Lipinski definition) is 1. The Bertz CT molecular complexity index is 939. The number of aryl methyl sites for hydroxylation is 1. The van der Waals surface area contributed by atoms with Gasteiger partial charge in [0.15, 0.2) is 0 Å². The normalized spacial score (nSPS) is 15.4. The van der Waals surface area contributed by atoms with E-state index in [2.05, 4.69) is 45.8 Å². The quantitative estimate of drug-likeness (QED) is 0.401. The molecule has 8 nitrogen and oxygen atoms in total. The Balaban J connectivity index is 1.48. The second-order valence-electron chi connectivity index (χ2n) is 7.21. The van der Waals surface area contributed by atoms with Crippen molar-refractivity contribution in [2.24, 2.45) is 0 Å². The van der Waals surface area contributed by atoms with Gasteiger partial charge >= 0.3 is 0 Å². The molecule has 1 fully saturated rings. The maximum Gasteiger partial charge on any atom is 0.270 e. The van der Waals surface area contributed by atoms with Crippen LogP contribution in [0.1, 0.15) is 12.0 Å². The summed E-state index contributed by atoms with van der Waals surface area (Å²) in [7, 11) is -1.63. The minimum atomic E-state index is -3.76. The largest absolute Gasteiger partial charge is 0.369 e. The van der Waals surface area contributed by atoms with Crippen molar-refractivity contribution in [2.75, 3.05) is 44.7 Å². The highest BCUT2D eigenvalue weighted by molar-refractivity contribution is 7.89. The van der Waals surface area contributed by atoms with Gasteiger partial charge in [-0.3, -0.25) is 10.1 Å². The predicted octanol–water partition coefficient (Wildman–Crippen LogP) is 2.26. The number of likely N-dealkylation sites (N-methyl/N-ethyl adjacent to an activating group) is 1. The summed E-state index contributed by atoms with van der Waals surface area (Å²) < 4.78 is 27.2. The van der Waals surface area contributed by atoms with E-state index >= 15 is 0 Å². The van der Waals surface area contributed by atoms with Crippen molar-refractivity contribution in [1.29, 1.82) is 0 Å². The van der Waals surface area contributed by atoms with Crippen LogP contribution in [0.3, 0.4) is 0 Å². The summed E-state index contributed by atoms with van der Waals surface area (Å²) in [6, 6.07) is 13.5. The Labute approximate surface area is 171 Å². The van der Waals surface area contributed by atoms with Crippen molar-refractivity contribution in [3.63, 3.8) is 0 Å². The summed E-state index contributed by atoms with van der Waals surface area (Å²) >= 11 is 0. The maximum absolute atomic E-state index is 12.3. The molecule has 0 saturated carbocycles. The van der Waals surface area contributed by atoms with E-state index in [0.717, 1.165) is 44.2 Å². The van der Waals surface area contributed by atoms with Crippen molar-refractivity contribution in [2.45, 2.75) is 17.7 Å². The molecule has 1 aliphatic rings. The van der Waals surface area contributed by atoms with Gasteiger partial charge in [-0.15, -0.1) is 0 Å². The fourth-order valence-corrected chi connectivity index (χ4v) is 4.40. The minimum absolute atomic E-state index is 0.0942. The standard InChI is InChI=1S/C20H26N4O4S/c1-22-12-14-23(15-13-22)18-9-7-17(8-10-18)4-3-11-21-29(27,28)20-6-2-5-19(16-20)24(25)26/h2,5-10,16,21H,3-4,11-15H2,1H3. The number of sulfonamides is 1. The van der Waals surface area contributed by atoms with Crippen LogP contribution >= 0.6 is 0 Å². The number of piperazine rings is 1. The minimum Gasteiger partial charge on any atom is -0.369 e. The number of non-ortho nitro benzene ring substituents is 1. The first-order valence-corrected chi connectivity index (χ1v) is 11.1. The van der Waals surface area contributed by atoms with Gasteiger partial charge < -0.3 is 9.80 Å². The topological polar surface area (TPSA) is 95.8 Å². The highest BCUT2D eigenvalue weighted by atomic mass is 32.2. The Hall–Kier alpha value is -2.49. The molecule has 0 amide bonds. The first-order valence-electron chi connectivity index (χ1n) is 9.62. The lowest BCUT2D eigenvalue weighted by Crippen LogP contribution is -2.44. The molecular weight excluding hydrogens is 392 g/mol. The van der Waals surface area contributed by atoms with Crippen molar-refractivity contribution in [3.05, 3.63) is 64.2 Å². The van der Waals surface area contributed by atoms with Gasteiger partial charge in [0.25, 0.3) is 5.69 Å². The van der Waals surface area contributed by atoms with Crippen LogP contribution in [0.2, 0.25) is 0 Å². The molecule has 1 N–H and O–H groups in total. The van der Waals surface area contributed by atoms with Crippen LogP contribution in [-0.4, -0.2) is 58.0 Å². The van der Waals surface area contributed by atoms with Gasteiger partial charge in [0.1, 0.15) is 0 Å². The van der Waals surface area contributed by atoms with E-state index in [0.29, 0.717) is 6.42 Å². The average molecular weight is 419 g/mol. The molecule has 0 unspecified atom stereocenters. The molecule has 156 valence electrons. The van der Waals surface area contributed by atoms with E-state index < -0.39 is 14.9 Å². The van der Waals surface area contributed by atoms with Gasteiger partial charge in [-0.2, -0.15) is 0 Å². The Morgan fingerprint density at radius 2 is 1.76 bits per heavy atom. The Kier molecular flexibility index (Phi) is 6.83. The highest BCUT2D eigenvalue weighted by Gasteiger charge is 2.17. The van der Waals surface area contributed by atoms with E-state index in [1.165, 1.54) is 23.9 Å². The second-order valence-corrected chi connectivity index (χ2v) is 8.98. The molecule has 1 heterocycles. The third kappa shape index (κ3) is 5.75.